The van der Waals surface area contributed by atoms with Crippen LogP contribution in [-0.4, -0.2) is 30.3 Å². The van der Waals surface area contributed by atoms with Crippen LogP contribution in [0.15, 0.2) is 30.9 Å². The van der Waals surface area contributed by atoms with Crippen LogP contribution in [0.2, 0.25) is 0 Å². The average Bonchev–Trinajstić information content (AvgIpc) is 2.44. The molecule has 1 rings (SSSR count). The molecule has 0 aliphatic rings. The molecule has 2 unspecified atom stereocenters. The lowest BCUT2D eigenvalue weighted by atomic mass is 9.95. The maximum Gasteiger partial charge on any atom is 0.248 e. The predicted molar refractivity (Wildman–Crippen MR) is 79.2 cm³/mol. The molecule has 1 amide bonds. The summed E-state index contributed by atoms with van der Waals surface area (Å²) in [7, 11) is 0. The molecular formula is C16H21F2NO3. The molecule has 1 aromatic carbocycles. The van der Waals surface area contributed by atoms with Gasteiger partial charge in [0.2, 0.25) is 5.91 Å². The molecule has 2 N–H and O–H groups in total. The summed E-state index contributed by atoms with van der Waals surface area (Å²) in [4.78, 5) is 11.8. The van der Waals surface area contributed by atoms with Crippen molar-refractivity contribution in [1.82, 2.24) is 5.32 Å². The predicted octanol–water partition coefficient (Wildman–Crippen LogP) is 2.27. The number of ether oxygens (including phenoxy) is 1. The quantitative estimate of drug-likeness (QED) is 0.572. The van der Waals surface area contributed by atoms with Gasteiger partial charge in [-0.15, -0.1) is 6.58 Å². The first-order chi connectivity index (χ1) is 10.3. The van der Waals surface area contributed by atoms with Crippen molar-refractivity contribution in [3.05, 3.63) is 48.1 Å². The average molecular weight is 313 g/mol. The van der Waals surface area contributed by atoms with E-state index in [0.717, 1.165) is 12.1 Å². The Morgan fingerprint density at radius 3 is 2.82 bits per heavy atom. The van der Waals surface area contributed by atoms with E-state index in [1.54, 1.807) is 13.0 Å². The van der Waals surface area contributed by atoms with E-state index in [0.29, 0.717) is 19.1 Å². The third kappa shape index (κ3) is 5.20. The normalized spacial score (nSPS) is 15.0. The molecule has 0 saturated carbocycles. The standard InChI is InChI=1S/C16H21F2NO3/c1-4-5-8-22-11(2)15(20)19-10-16(3,21)13-7-6-12(17)9-14(13)18/h4,6-7,9,11,21H,1,5,8,10H2,2-3H3,(H,19,20). The molecule has 0 aromatic heterocycles. The zero-order valence-corrected chi connectivity index (χ0v) is 12.7. The van der Waals surface area contributed by atoms with Crippen molar-refractivity contribution in [2.75, 3.05) is 13.2 Å². The summed E-state index contributed by atoms with van der Waals surface area (Å²) in [6.07, 6.45) is 1.59. The van der Waals surface area contributed by atoms with Gasteiger partial charge in [0, 0.05) is 11.6 Å². The Labute approximate surface area is 128 Å². The van der Waals surface area contributed by atoms with Crippen molar-refractivity contribution in [3.63, 3.8) is 0 Å². The van der Waals surface area contributed by atoms with Crippen LogP contribution in [0, 0.1) is 11.6 Å². The molecule has 0 aliphatic heterocycles. The molecule has 0 radical (unpaired) electrons. The second kappa shape index (κ2) is 8.00. The van der Waals surface area contributed by atoms with E-state index in [-0.39, 0.29) is 12.1 Å². The minimum atomic E-state index is -1.66. The van der Waals surface area contributed by atoms with Crippen molar-refractivity contribution in [2.24, 2.45) is 0 Å². The zero-order valence-electron chi connectivity index (χ0n) is 12.7. The Hall–Kier alpha value is -1.79. The van der Waals surface area contributed by atoms with Gasteiger partial charge in [0.05, 0.1) is 13.2 Å². The number of hydrogen-bond acceptors (Lipinski definition) is 3. The van der Waals surface area contributed by atoms with Crippen LogP contribution >= 0.6 is 0 Å². The topological polar surface area (TPSA) is 58.6 Å². The van der Waals surface area contributed by atoms with Gasteiger partial charge < -0.3 is 15.2 Å². The Morgan fingerprint density at radius 1 is 1.55 bits per heavy atom. The van der Waals surface area contributed by atoms with Crippen LogP contribution in [0.3, 0.4) is 0 Å². The number of aliphatic hydroxyl groups is 1. The maximum absolute atomic E-state index is 13.7. The van der Waals surface area contributed by atoms with E-state index in [1.807, 2.05) is 0 Å². The second-order valence-corrected chi connectivity index (χ2v) is 5.21. The Bertz CT molecular complexity index is 532. The van der Waals surface area contributed by atoms with Gasteiger partial charge in [-0.2, -0.15) is 0 Å². The number of benzene rings is 1. The first-order valence-electron chi connectivity index (χ1n) is 6.96. The number of amides is 1. The van der Waals surface area contributed by atoms with Gasteiger partial charge in [-0.1, -0.05) is 12.1 Å². The van der Waals surface area contributed by atoms with Crippen LogP contribution in [0.5, 0.6) is 0 Å². The number of halogens is 2. The lowest BCUT2D eigenvalue weighted by Crippen LogP contribution is -2.43. The van der Waals surface area contributed by atoms with Crippen molar-refractivity contribution < 1.29 is 23.4 Å². The largest absolute Gasteiger partial charge is 0.383 e. The van der Waals surface area contributed by atoms with Gasteiger partial charge in [0.15, 0.2) is 0 Å². The van der Waals surface area contributed by atoms with Gasteiger partial charge >= 0.3 is 0 Å². The molecule has 122 valence electrons. The molecule has 2 atom stereocenters. The van der Waals surface area contributed by atoms with E-state index in [1.165, 1.54) is 6.92 Å². The Balaban J connectivity index is 2.61. The summed E-state index contributed by atoms with van der Waals surface area (Å²) in [6.45, 7) is 6.60. The first kappa shape index (κ1) is 18.3. The van der Waals surface area contributed by atoms with Crippen LogP contribution in [0.25, 0.3) is 0 Å². The highest BCUT2D eigenvalue weighted by atomic mass is 19.1. The maximum atomic E-state index is 13.7. The minimum Gasteiger partial charge on any atom is -0.383 e. The summed E-state index contributed by atoms with van der Waals surface area (Å²) in [5.74, 6) is -2.02. The van der Waals surface area contributed by atoms with E-state index in [9.17, 15) is 18.7 Å². The fraction of sp³-hybridized carbons (Fsp3) is 0.438. The highest BCUT2D eigenvalue weighted by Gasteiger charge is 2.28. The number of nitrogens with one attached hydrogen (secondary N) is 1. The van der Waals surface area contributed by atoms with Crippen LogP contribution in [-0.2, 0) is 15.1 Å². The summed E-state index contributed by atoms with van der Waals surface area (Å²) in [5.41, 5.74) is -1.75. The van der Waals surface area contributed by atoms with E-state index < -0.39 is 29.2 Å². The third-order valence-corrected chi connectivity index (χ3v) is 3.18. The van der Waals surface area contributed by atoms with Crippen molar-refractivity contribution >= 4 is 5.91 Å². The fourth-order valence-electron chi connectivity index (χ4n) is 1.83. The van der Waals surface area contributed by atoms with Gasteiger partial charge in [-0.05, 0) is 26.3 Å². The van der Waals surface area contributed by atoms with E-state index in [4.69, 9.17) is 4.74 Å². The lowest BCUT2D eigenvalue weighted by molar-refractivity contribution is -0.132. The third-order valence-electron chi connectivity index (χ3n) is 3.18. The van der Waals surface area contributed by atoms with E-state index in [2.05, 4.69) is 11.9 Å². The summed E-state index contributed by atoms with van der Waals surface area (Å²) in [6, 6.07) is 2.89. The number of carbonyl (C=O) groups excluding carboxylic acids is 1. The lowest BCUT2D eigenvalue weighted by Gasteiger charge is -2.25. The molecule has 0 saturated heterocycles. The monoisotopic (exact) mass is 313 g/mol. The van der Waals surface area contributed by atoms with Gasteiger partial charge in [0.25, 0.3) is 0 Å². The molecule has 0 heterocycles. The molecule has 22 heavy (non-hydrogen) atoms. The molecule has 0 fully saturated rings. The number of carbonyl (C=O) groups is 1. The highest BCUT2D eigenvalue weighted by molar-refractivity contribution is 5.80. The highest BCUT2D eigenvalue weighted by Crippen LogP contribution is 2.23. The second-order valence-electron chi connectivity index (χ2n) is 5.21. The van der Waals surface area contributed by atoms with Gasteiger partial charge in [-0.25, -0.2) is 8.78 Å². The summed E-state index contributed by atoms with van der Waals surface area (Å²) in [5, 5.41) is 12.8. The smallest absolute Gasteiger partial charge is 0.248 e. The minimum absolute atomic E-state index is 0.0885. The molecule has 0 bridgehead atoms. The summed E-state index contributed by atoms with van der Waals surface area (Å²) < 4.78 is 31.8. The number of rotatable bonds is 8. The Morgan fingerprint density at radius 2 is 2.23 bits per heavy atom. The Kier molecular flexibility index (Phi) is 6.64. The van der Waals surface area contributed by atoms with Crippen LogP contribution < -0.4 is 5.32 Å². The van der Waals surface area contributed by atoms with Crippen molar-refractivity contribution in [2.45, 2.75) is 32.0 Å². The van der Waals surface area contributed by atoms with E-state index >= 15 is 0 Å². The van der Waals surface area contributed by atoms with Crippen LogP contribution in [0.1, 0.15) is 25.8 Å². The molecular weight excluding hydrogens is 292 g/mol. The molecule has 1 aromatic rings. The fourth-order valence-corrected chi connectivity index (χ4v) is 1.83. The zero-order chi connectivity index (χ0) is 16.8. The van der Waals surface area contributed by atoms with Gasteiger partial charge in [0.1, 0.15) is 23.3 Å². The first-order valence-corrected chi connectivity index (χ1v) is 6.96. The molecule has 6 heteroatoms. The molecule has 0 aliphatic carbocycles. The van der Waals surface area contributed by atoms with Crippen molar-refractivity contribution in [1.29, 1.82) is 0 Å². The van der Waals surface area contributed by atoms with Crippen molar-refractivity contribution in [3.8, 4) is 0 Å². The van der Waals surface area contributed by atoms with Crippen LogP contribution in [0.4, 0.5) is 8.78 Å². The van der Waals surface area contributed by atoms with Gasteiger partial charge in [-0.3, -0.25) is 4.79 Å². The molecule has 4 nitrogen and oxygen atoms in total. The SMILES string of the molecule is C=CCCOC(C)C(=O)NCC(C)(O)c1ccc(F)cc1F. The molecule has 0 spiro atoms. The number of hydrogen-bond donors (Lipinski definition) is 2. The summed E-state index contributed by atoms with van der Waals surface area (Å²) >= 11 is 0.